The Morgan fingerprint density at radius 1 is 1.29 bits per heavy atom. The molecule has 1 nitrogen and oxygen atoms in total. The van der Waals surface area contributed by atoms with E-state index in [4.69, 9.17) is 0 Å². The summed E-state index contributed by atoms with van der Waals surface area (Å²) < 4.78 is 0. The van der Waals surface area contributed by atoms with Crippen LogP contribution in [0.25, 0.3) is 0 Å². The normalized spacial score (nSPS) is 15.3. The average Bonchev–Trinajstić information content (AvgIpc) is 2.20. The van der Waals surface area contributed by atoms with Crippen LogP contribution in [0.5, 0.6) is 0 Å². The molecule has 1 heteroatoms. The van der Waals surface area contributed by atoms with Crippen LogP contribution in [0.2, 0.25) is 0 Å². The molecule has 0 saturated carbocycles. The van der Waals surface area contributed by atoms with Crippen LogP contribution in [0, 0.1) is 5.41 Å². The highest BCUT2D eigenvalue weighted by molar-refractivity contribution is 5.62. The average molecular weight is 188 g/mol. The molecule has 0 N–H and O–H groups in total. The summed E-state index contributed by atoms with van der Waals surface area (Å²) in [6.45, 7) is 3.89. The fourth-order valence-corrected chi connectivity index (χ4v) is 1.56. The van der Waals surface area contributed by atoms with Gasteiger partial charge in [-0.3, -0.25) is 0 Å². The summed E-state index contributed by atoms with van der Waals surface area (Å²) >= 11 is 0. The largest absolute Gasteiger partial charge is 0.302 e. The predicted octanol–water partition coefficient (Wildman–Crippen LogP) is 3.01. The maximum Gasteiger partial charge on any atom is 0.129 e. The minimum atomic E-state index is -0.365. The molecule has 0 heterocycles. The van der Waals surface area contributed by atoms with Gasteiger partial charge in [0.1, 0.15) is 6.29 Å². The van der Waals surface area contributed by atoms with Crippen molar-refractivity contribution in [2.24, 2.45) is 5.41 Å². The van der Waals surface area contributed by atoms with Crippen molar-refractivity contribution in [1.29, 1.82) is 0 Å². The van der Waals surface area contributed by atoms with E-state index < -0.39 is 0 Å². The SMILES string of the molecule is CC=CC(C)(C=O)Cc1ccccc1. The highest BCUT2D eigenvalue weighted by atomic mass is 16.1. The molecule has 1 atom stereocenters. The van der Waals surface area contributed by atoms with Gasteiger partial charge in [0.05, 0.1) is 0 Å². The Labute approximate surface area is 85.5 Å². The Morgan fingerprint density at radius 2 is 1.93 bits per heavy atom. The lowest BCUT2D eigenvalue weighted by molar-refractivity contribution is -0.113. The third-order valence-electron chi connectivity index (χ3n) is 2.24. The number of aldehydes is 1. The highest BCUT2D eigenvalue weighted by Gasteiger charge is 2.19. The summed E-state index contributed by atoms with van der Waals surface area (Å²) in [7, 11) is 0. The van der Waals surface area contributed by atoms with Crippen LogP contribution in [0.4, 0.5) is 0 Å². The van der Waals surface area contributed by atoms with Gasteiger partial charge in [0, 0.05) is 5.41 Å². The smallest absolute Gasteiger partial charge is 0.129 e. The van der Waals surface area contributed by atoms with E-state index in [2.05, 4.69) is 0 Å². The molecule has 0 aliphatic carbocycles. The van der Waals surface area contributed by atoms with E-state index in [1.807, 2.05) is 56.3 Å². The molecule has 1 rings (SSSR count). The van der Waals surface area contributed by atoms with Gasteiger partial charge in [-0.2, -0.15) is 0 Å². The van der Waals surface area contributed by atoms with Gasteiger partial charge in [0.25, 0.3) is 0 Å². The van der Waals surface area contributed by atoms with Crippen LogP contribution >= 0.6 is 0 Å². The molecular weight excluding hydrogens is 172 g/mol. The second-order valence-electron chi connectivity index (χ2n) is 3.79. The van der Waals surface area contributed by atoms with Crippen molar-refractivity contribution in [3.8, 4) is 0 Å². The van der Waals surface area contributed by atoms with E-state index in [1.165, 1.54) is 5.56 Å². The monoisotopic (exact) mass is 188 g/mol. The van der Waals surface area contributed by atoms with Gasteiger partial charge in [-0.1, -0.05) is 42.5 Å². The summed E-state index contributed by atoms with van der Waals surface area (Å²) in [5, 5.41) is 0. The zero-order chi connectivity index (χ0) is 10.4. The fourth-order valence-electron chi connectivity index (χ4n) is 1.56. The first-order valence-corrected chi connectivity index (χ1v) is 4.84. The van der Waals surface area contributed by atoms with Crippen molar-refractivity contribution >= 4 is 6.29 Å². The second-order valence-corrected chi connectivity index (χ2v) is 3.79. The van der Waals surface area contributed by atoms with Crippen molar-refractivity contribution in [3.05, 3.63) is 48.0 Å². The lowest BCUT2D eigenvalue weighted by atomic mass is 9.85. The molecule has 0 spiro atoms. The quantitative estimate of drug-likeness (QED) is 0.524. The van der Waals surface area contributed by atoms with Crippen LogP contribution in [0.3, 0.4) is 0 Å². The Balaban J connectivity index is 2.80. The van der Waals surface area contributed by atoms with Crippen molar-refractivity contribution in [3.63, 3.8) is 0 Å². The zero-order valence-electron chi connectivity index (χ0n) is 8.73. The van der Waals surface area contributed by atoms with Crippen LogP contribution < -0.4 is 0 Å². The van der Waals surface area contributed by atoms with Crippen LogP contribution in [0.15, 0.2) is 42.5 Å². The number of benzene rings is 1. The van der Waals surface area contributed by atoms with Gasteiger partial charge in [0.2, 0.25) is 0 Å². The first kappa shape index (κ1) is 10.7. The molecule has 1 unspecified atom stereocenters. The molecule has 0 fully saturated rings. The summed E-state index contributed by atoms with van der Waals surface area (Å²) in [6, 6.07) is 10.1. The zero-order valence-corrected chi connectivity index (χ0v) is 8.73. The number of hydrogen-bond acceptors (Lipinski definition) is 1. The molecule has 0 bridgehead atoms. The molecule has 0 aromatic heterocycles. The van der Waals surface area contributed by atoms with Crippen LogP contribution in [-0.4, -0.2) is 6.29 Å². The van der Waals surface area contributed by atoms with Crippen LogP contribution in [-0.2, 0) is 11.2 Å². The molecule has 1 aromatic carbocycles. The number of carbonyl (C=O) groups is 1. The molecular formula is C13H16O. The molecule has 74 valence electrons. The molecule has 0 radical (unpaired) electrons. The third-order valence-corrected chi connectivity index (χ3v) is 2.24. The number of rotatable bonds is 4. The van der Waals surface area contributed by atoms with Gasteiger partial charge < -0.3 is 4.79 Å². The minimum absolute atomic E-state index is 0.365. The summed E-state index contributed by atoms with van der Waals surface area (Å²) in [5.41, 5.74) is 0.830. The van der Waals surface area contributed by atoms with Gasteiger partial charge >= 0.3 is 0 Å². The number of carbonyl (C=O) groups excluding carboxylic acids is 1. The highest BCUT2D eigenvalue weighted by Crippen LogP contribution is 2.21. The number of allylic oxidation sites excluding steroid dienone is 2. The Kier molecular flexibility index (Phi) is 3.63. The minimum Gasteiger partial charge on any atom is -0.302 e. The third kappa shape index (κ3) is 2.84. The maximum absolute atomic E-state index is 11.0. The Bertz CT molecular complexity index is 313. The van der Waals surface area contributed by atoms with Gasteiger partial charge in [-0.25, -0.2) is 0 Å². The first-order valence-electron chi connectivity index (χ1n) is 4.84. The molecule has 0 aliphatic heterocycles. The van der Waals surface area contributed by atoms with E-state index in [0.29, 0.717) is 0 Å². The van der Waals surface area contributed by atoms with Gasteiger partial charge in [-0.15, -0.1) is 0 Å². The van der Waals surface area contributed by atoms with E-state index in [0.717, 1.165) is 12.7 Å². The summed E-state index contributed by atoms with van der Waals surface area (Å²) in [5.74, 6) is 0. The first-order chi connectivity index (χ1) is 6.70. The van der Waals surface area contributed by atoms with E-state index in [-0.39, 0.29) is 5.41 Å². The molecule has 14 heavy (non-hydrogen) atoms. The van der Waals surface area contributed by atoms with E-state index >= 15 is 0 Å². The lowest BCUT2D eigenvalue weighted by Crippen LogP contribution is -2.18. The summed E-state index contributed by atoms with van der Waals surface area (Å²) in [6.07, 6.45) is 5.66. The van der Waals surface area contributed by atoms with E-state index in [9.17, 15) is 4.79 Å². The molecule has 0 saturated heterocycles. The molecule has 0 aliphatic rings. The number of hydrogen-bond donors (Lipinski definition) is 0. The van der Waals surface area contributed by atoms with E-state index in [1.54, 1.807) is 0 Å². The molecule has 0 amide bonds. The lowest BCUT2D eigenvalue weighted by Gasteiger charge is -2.18. The topological polar surface area (TPSA) is 17.1 Å². The van der Waals surface area contributed by atoms with Gasteiger partial charge in [0.15, 0.2) is 0 Å². The second kappa shape index (κ2) is 4.75. The van der Waals surface area contributed by atoms with Crippen molar-refractivity contribution in [2.45, 2.75) is 20.3 Å². The Morgan fingerprint density at radius 3 is 2.43 bits per heavy atom. The van der Waals surface area contributed by atoms with Crippen molar-refractivity contribution in [1.82, 2.24) is 0 Å². The maximum atomic E-state index is 11.0. The summed E-state index contributed by atoms with van der Waals surface area (Å²) in [4.78, 5) is 11.0. The van der Waals surface area contributed by atoms with Crippen molar-refractivity contribution in [2.75, 3.05) is 0 Å². The van der Waals surface area contributed by atoms with Crippen LogP contribution in [0.1, 0.15) is 19.4 Å². The molecule has 1 aromatic rings. The van der Waals surface area contributed by atoms with Gasteiger partial charge in [-0.05, 0) is 25.8 Å². The fraction of sp³-hybridized carbons (Fsp3) is 0.308. The van der Waals surface area contributed by atoms with Crippen molar-refractivity contribution < 1.29 is 4.79 Å². The Hall–Kier alpha value is -1.37. The standard InChI is InChI=1S/C13H16O/c1-3-9-13(2,11-14)10-12-7-5-4-6-8-12/h3-9,11H,10H2,1-2H3. The predicted molar refractivity (Wildman–Crippen MR) is 59.1 cm³/mol.